The van der Waals surface area contributed by atoms with Crippen molar-refractivity contribution in [3.8, 4) is 0 Å². The van der Waals surface area contributed by atoms with Gasteiger partial charge in [0.25, 0.3) is 0 Å². The summed E-state index contributed by atoms with van der Waals surface area (Å²) in [7, 11) is 0. The van der Waals surface area contributed by atoms with Gasteiger partial charge in [-0.15, -0.1) is 0 Å². The van der Waals surface area contributed by atoms with E-state index in [4.69, 9.17) is 5.73 Å². The maximum absolute atomic E-state index is 12.2. The quantitative estimate of drug-likeness (QED) is 0.809. The van der Waals surface area contributed by atoms with Crippen LogP contribution in [0.25, 0.3) is 0 Å². The van der Waals surface area contributed by atoms with Crippen molar-refractivity contribution in [3.63, 3.8) is 0 Å². The van der Waals surface area contributed by atoms with E-state index in [2.05, 4.69) is 0 Å². The number of hydrogen-bond acceptors (Lipinski definition) is 2. The summed E-state index contributed by atoms with van der Waals surface area (Å²) in [5, 5.41) is 0. The van der Waals surface area contributed by atoms with Gasteiger partial charge in [-0.05, 0) is 26.2 Å². The third kappa shape index (κ3) is 3.66. The minimum Gasteiger partial charge on any atom is -0.334 e. The minimum atomic E-state index is -4.34. The van der Waals surface area contributed by atoms with Crippen LogP contribution in [0.1, 0.15) is 32.6 Å². The number of nitrogens with two attached hydrogens (primary N) is 1. The molecular formula is C10H17F3N2O. The molecule has 16 heavy (non-hydrogen) atoms. The van der Waals surface area contributed by atoms with E-state index < -0.39 is 24.2 Å². The number of nitrogens with zero attached hydrogens (tertiary/aromatic N) is 1. The van der Waals surface area contributed by atoms with E-state index in [9.17, 15) is 18.0 Å². The number of rotatable bonds is 4. The third-order valence-electron chi connectivity index (χ3n) is 2.96. The molecule has 0 radical (unpaired) electrons. The summed E-state index contributed by atoms with van der Waals surface area (Å²) in [5.41, 5.74) is 5.27. The molecule has 0 bridgehead atoms. The molecule has 1 aliphatic carbocycles. The summed E-state index contributed by atoms with van der Waals surface area (Å²) in [6.07, 6.45) is -1.91. The number of halogens is 3. The lowest BCUT2D eigenvalue weighted by Crippen LogP contribution is -2.51. The molecule has 0 saturated heterocycles. The lowest BCUT2D eigenvalue weighted by Gasteiger charge is -2.38. The normalized spacial score (nSPS) is 19.1. The summed E-state index contributed by atoms with van der Waals surface area (Å²) in [6.45, 7) is 0.417. The summed E-state index contributed by atoms with van der Waals surface area (Å²) in [5.74, 6) is -0.498. The topological polar surface area (TPSA) is 46.3 Å². The van der Waals surface area contributed by atoms with Crippen molar-refractivity contribution < 1.29 is 18.0 Å². The highest BCUT2D eigenvalue weighted by atomic mass is 19.4. The molecule has 6 heteroatoms. The van der Waals surface area contributed by atoms with Crippen LogP contribution in [-0.2, 0) is 4.79 Å². The molecule has 0 spiro atoms. The summed E-state index contributed by atoms with van der Waals surface area (Å²) < 4.78 is 36.5. The molecule has 1 aliphatic rings. The lowest BCUT2D eigenvalue weighted by molar-refractivity contribution is -0.162. The average Bonchev–Trinajstić information content (AvgIpc) is 2.10. The minimum absolute atomic E-state index is 0.0247. The molecule has 0 aromatic carbocycles. The van der Waals surface area contributed by atoms with Gasteiger partial charge < -0.3 is 10.6 Å². The molecule has 94 valence electrons. The van der Waals surface area contributed by atoms with Gasteiger partial charge in [-0.1, -0.05) is 0 Å². The maximum atomic E-state index is 12.2. The Bertz CT molecular complexity index is 261. The average molecular weight is 238 g/mol. The van der Waals surface area contributed by atoms with Crippen LogP contribution in [0, 0.1) is 0 Å². The highest BCUT2D eigenvalue weighted by Crippen LogP contribution is 2.32. The van der Waals surface area contributed by atoms with Gasteiger partial charge in [0.2, 0.25) is 5.91 Å². The first kappa shape index (κ1) is 13.3. The van der Waals surface area contributed by atoms with Crippen LogP contribution in [0.15, 0.2) is 0 Å². The van der Waals surface area contributed by atoms with Gasteiger partial charge in [-0.3, -0.25) is 4.79 Å². The molecule has 1 rings (SSSR count). The zero-order chi connectivity index (χ0) is 12.4. The molecule has 0 aromatic heterocycles. The van der Waals surface area contributed by atoms with Crippen molar-refractivity contribution in [2.24, 2.45) is 5.73 Å². The second kappa shape index (κ2) is 4.61. The standard InChI is InChI=1S/C10H17F3N2O/c1-2-15(7-10(11,12)13)8(16)6-9(14)4-3-5-9/h2-7,14H2,1H3. The zero-order valence-electron chi connectivity index (χ0n) is 9.31. The Morgan fingerprint density at radius 3 is 2.31 bits per heavy atom. The van der Waals surface area contributed by atoms with Crippen LogP contribution in [0.4, 0.5) is 13.2 Å². The maximum Gasteiger partial charge on any atom is 0.406 e. The Morgan fingerprint density at radius 1 is 1.44 bits per heavy atom. The van der Waals surface area contributed by atoms with Crippen molar-refractivity contribution >= 4 is 5.91 Å². The molecule has 1 fully saturated rings. The van der Waals surface area contributed by atoms with Crippen molar-refractivity contribution in [1.29, 1.82) is 0 Å². The molecule has 1 amide bonds. The Labute approximate surface area is 92.8 Å². The fraction of sp³-hybridized carbons (Fsp3) is 0.900. The van der Waals surface area contributed by atoms with Gasteiger partial charge in [-0.25, -0.2) is 0 Å². The van der Waals surface area contributed by atoms with Gasteiger partial charge >= 0.3 is 6.18 Å². The molecule has 0 unspecified atom stereocenters. The summed E-state index contributed by atoms with van der Waals surface area (Å²) in [6, 6.07) is 0. The Hall–Kier alpha value is -0.780. The van der Waals surface area contributed by atoms with E-state index in [0.29, 0.717) is 0 Å². The van der Waals surface area contributed by atoms with Crippen molar-refractivity contribution in [2.75, 3.05) is 13.1 Å². The Kier molecular flexibility index (Phi) is 3.83. The van der Waals surface area contributed by atoms with Gasteiger partial charge in [0, 0.05) is 18.5 Å². The molecule has 1 saturated carbocycles. The Balaban J connectivity index is 2.49. The number of carbonyl (C=O) groups is 1. The number of carbonyl (C=O) groups excluding carboxylic acids is 1. The molecule has 0 aliphatic heterocycles. The van der Waals surface area contributed by atoms with E-state index in [-0.39, 0.29) is 13.0 Å². The largest absolute Gasteiger partial charge is 0.406 e. The molecular weight excluding hydrogens is 221 g/mol. The second-order valence-corrected chi connectivity index (χ2v) is 4.42. The van der Waals surface area contributed by atoms with E-state index >= 15 is 0 Å². The highest BCUT2D eigenvalue weighted by molar-refractivity contribution is 5.77. The predicted molar refractivity (Wildman–Crippen MR) is 53.7 cm³/mol. The first-order chi connectivity index (χ1) is 7.26. The molecule has 2 N–H and O–H groups in total. The van der Waals surface area contributed by atoms with Crippen molar-refractivity contribution in [3.05, 3.63) is 0 Å². The first-order valence-corrected chi connectivity index (χ1v) is 5.39. The fourth-order valence-electron chi connectivity index (χ4n) is 1.81. The van der Waals surface area contributed by atoms with E-state index in [0.717, 1.165) is 24.2 Å². The van der Waals surface area contributed by atoms with Gasteiger partial charge in [0.15, 0.2) is 0 Å². The van der Waals surface area contributed by atoms with Crippen LogP contribution >= 0.6 is 0 Å². The number of hydrogen-bond donors (Lipinski definition) is 1. The lowest BCUT2D eigenvalue weighted by atomic mass is 9.75. The SMILES string of the molecule is CCN(CC(F)(F)F)C(=O)CC1(N)CCC1. The van der Waals surface area contributed by atoms with Crippen molar-refractivity contribution in [1.82, 2.24) is 4.90 Å². The monoisotopic (exact) mass is 238 g/mol. The summed E-state index contributed by atoms with van der Waals surface area (Å²) >= 11 is 0. The van der Waals surface area contributed by atoms with Crippen molar-refractivity contribution in [2.45, 2.75) is 44.3 Å². The second-order valence-electron chi connectivity index (χ2n) is 4.42. The summed E-state index contributed by atoms with van der Waals surface area (Å²) in [4.78, 5) is 12.4. The van der Waals surface area contributed by atoms with Crippen LogP contribution < -0.4 is 5.73 Å². The van der Waals surface area contributed by atoms with E-state index in [1.165, 1.54) is 6.92 Å². The molecule has 0 heterocycles. The highest BCUT2D eigenvalue weighted by Gasteiger charge is 2.38. The molecule has 3 nitrogen and oxygen atoms in total. The fourth-order valence-corrected chi connectivity index (χ4v) is 1.81. The smallest absolute Gasteiger partial charge is 0.334 e. The van der Waals surface area contributed by atoms with Crippen LogP contribution in [0.5, 0.6) is 0 Å². The number of amides is 1. The zero-order valence-corrected chi connectivity index (χ0v) is 9.31. The van der Waals surface area contributed by atoms with E-state index in [1.54, 1.807) is 0 Å². The van der Waals surface area contributed by atoms with E-state index in [1.807, 2.05) is 0 Å². The van der Waals surface area contributed by atoms with Crippen LogP contribution in [0.2, 0.25) is 0 Å². The molecule has 0 aromatic rings. The Morgan fingerprint density at radius 2 is 2.00 bits per heavy atom. The van der Waals surface area contributed by atoms with Crippen LogP contribution in [-0.4, -0.2) is 35.6 Å². The number of alkyl halides is 3. The van der Waals surface area contributed by atoms with Gasteiger partial charge in [0.05, 0.1) is 0 Å². The predicted octanol–water partition coefficient (Wildman–Crippen LogP) is 1.67. The third-order valence-corrected chi connectivity index (χ3v) is 2.96. The van der Waals surface area contributed by atoms with Gasteiger partial charge in [-0.2, -0.15) is 13.2 Å². The van der Waals surface area contributed by atoms with Gasteiger partial charge in [0.1, 0.15) is 6.54 Å². The molecule has 0 atom stereocenters. The van der Waals surface area contributed by atoms with Crippen LogP contribution in [0.3, 0.4) is 0 Å². The first-order valence-electron chi connectivity index (χ1n) is 5.39.